The molecule has 0 radical (unpaired) electrons. The highest BCUT2D eigenvalue weighted by molar-refractivity contribution is 7.89. The smallest absolute Gasteiger partial charge is 0.261 e. The predicted octanol–water partition coefficient (Wildman–Crippen LogP) is 3.34. The molecule has 2 heterocycles. The van der Waals surface area contributed by atoms with E-state index in [-0.39, 0.29) is 10.8 Å². The van der Waals surface area contributed by atoms with E-state index in [2.05, 4.69) is 10.3 Å². The number of para-hydroxylation sites is 1. The average molecular weight is 418 g/mol. The molecule has 9 heteroatoms. The lowest BCUT2D eigenvalue weighted by atomic mass is 10.2. The van der Waals surface area contributed by atoms with Gasteiger partial charge in [0, 0.05) is 13.1 Å². The van der Waals surface area contributed by atoms with Crippen LogP contribution in [0.15, 0.2) is 47.4 Å². The SMILES string of the molecule is COc1ccccc1C(=O)Nc1nc2ccc(S(=O)(=O)N3CCCC3)cc2s1. The van der Waals surface area contributed by atoms with Crippen molar-refractivity contribution in [2.45, 2.75) is 17.7 Å². The van der Waals surface area contributed by atoms with Gasteiger partial charge in [-0.1, -0.05) is 23.5 Å². The minimum atomic E-state index is -3.49. The van der Waals surface area contributed by atoms with Gasteiger partial charge in [-0.05, 0) is 43.2 Å². The Hall–Kier alpha value is -2.49. The molecule has 1 fully saturated rings. The molecule has 1 N–H and O–H groups in total. The third kappa shape index (κ3) is 3.48. The monoisotopic (exact) mass is 417 g/mol. The largest absolute Gasteiger partial charge is 0.496 e. The van der Waals surface area contributed by atoms with E-state index in [0.717, 1.165) is 12.8 Å². The van der Waals surface area contributed by atoms with Crippen LogP contribution in [-0.2, 0) is 10.0 Å². The number of nitrogens with zero attached hydrogens (tertiary/aromatic N) is 2. The Labute approximate surface area is 167 Å². The number of hydrogen-bond donors (Lipinski definition) is 1. The summed E-state index contributed by atoms with van der Waals surface area (Å²) in [5.74, 6) is 0.140. The van der Waals surface area contributed by atoms with Crippen LogP contribution >= 0.6 is 11.3 Å². The number of benzene rings is 2. The fourth-order valence-corrected chi connectivity index (χ4v) is 5.71. The molecule has 7 nitrogen and oxygen atoms in total. The van der Waals surface area contributed by atoms with Gasteiger partial charge in [-0.3, -0.25) is 10.1 Å². The summed E-state index contributed by atoms with van der Waals surface area (Å²) in [5.41, 5.74) is 1.04. The lowest BCUT2D eigenvalue weighted by Crippen LogP contribution is -2.27. The van der Waals surface area contributed by atoms with Crippen molar-refractivity contribution in [3.05, 3.63) is 48.0 Å². The molecule has 1 aliphatic heterocycles. The minimum Gasteiger partial charge on any atom is -0.496 e. The number of fused-ring (bicyclic) bond motifs is 1. The molecule has 0 aliphatic carbocycles. The van der Waals surface area contributed by atoms with Gasteiger partial charge in [-0.25, -0.2) is 13.4 Å². The first-order chi connectivity index (χ1) is 13.5. The number of carbonyl (C=O) groups is 1. The predicted molar refractivity (Wildman–Crippen MR) is 109 cm³/mol. The van der Waals surface area contributed by atoms with Crippen molar-refractivity contribution in [2.24, 2.45) is 0 Å². The maximum absolute atomic E-state index is 12.7. The number of sulfonamides is 1. The van der Waals surface area contributed by atoms with E-state index in [0.29, 0.717) is 39.8 Å². The number of nitrogens with one attached hydrogen (secondary N) is 1. The second-order valence-corrected chi connectivity index (χ2v) is 9.38. The molecule has 1 amide bonds. The van der Waals surface area contributed by atoms with E-state index in [4.69, 9.17) is 4.74 Å². The van der Waals surface area contributed by atoms with Crippen LogP contribution in [0.3, 0.4) is 0 Å². The van der Waals surface area contributed by atoms with E-state index in [1.54, 1.807) is 42.5 Å². The molecule has 4 rings (SSSR count). The van der Waals surface area contributed by atoms with Gasteiger partial charge in [0.2, 0.25) is 10.0 Å². The topological polar surface area (TPSA) is 88.6 Å². The van der Waals surface area contributed by atoms with Crippen molar-refractivity contribution < 1.29 is 17.9 Å². The Morgan fingerprint density at radius 3 is 2.68 bits per heavy atom. The highest BCUT2D eigenvalue weighted by Crippen LogP contribution is 2.30. The highest BCUT2D eigenvalue weighted by Gasteiger charge is 2.27. The number of methoxy groups -OCH3 is 1. The van der Waals surface area contributed by atoms with Crippen molar-refractivity contribution in [3.8, 4) is 5.75 Å². The van der Waals surface area contributed by atoms with Crippen LogP contribution in [0.5, 0.6) is 5.75 Å². The molecule has 0 bridgehead atoms. The number of ether oxygens (including phenoxy) is 1. The normalized spacial score (nSPS) is 15.0. The highest BCUT2D eigenvalue weighted by atomic mass is 32.2. The number of hydrogen-bond acceptors (Lipinski definition) is 6. The van der Waals surface area contributed by atoms with Gasteiger partial charge in [0.15, 0.2) is 5.13 Å². The number of thiazole rings is 1. The molecule has 2 aromatic carbocycles. The summed E-state index contributed by atoms with van der Waals surface area (Å²) in [5, 5.41) is 3.17. The summed E-state index contributed by atoms with van der Waals surface area (Å²) in [4.78, 5) is 17.2. The molecule has 0 unspecified atom stereocenters. The Kier molecular flexibility index (Phi) is 5.05. The molecular formula is C19H19N3O4S2. The number of aromatic nitrogens is 1. The van der Waals surface area contributed by atoms with Gasteiger partial charge in [-0.2, -0.15) is 4.31 Å². The number of anilines is 1. The van der Waals surface area contributed by atoms with Gasteiger partial charge >= 0.3 is 0 Å². The average Bonchev–Trinajstić information content (AvgIpc) is 3.37. The van der Waals surface area contributed by atoms with E-state index in [1.807, 2.05) is 0 Å². The quantitative estimate of drug-likeness (QED) is 0.688. The first-order valence-electron chi connectivity index (χ1n) is 8.84. The standard InChI is InChI=1S/C19H19N3O4S2/c1-26-16-7-3-2-6-14(16)18(23)21-19-20-15-9-8-13(12-17(15)27-19)28(24,25)22-10-4-5-11-22/h2-3,6-9,12H,4-5,10-11H2,1H3,(H,20,21,23). The summed E-state index contributed by atoms with van der Waals surface area (Å²) < 4.78 is 32.9. The van der Waals surface area contributed by atoms with Crippen LogP contribution in [-0.4, -0.2) is 43.8 Å². The molecule has 146 valence electrons. The van der Waals surface area contributed by atoms with Gasteiger partial charge in [0.25, 0.3) is 5.91 Å². The second kappa shape index (κ2) is 7.50. The van der Waals surface area contributed by atoms with Crippen LogP contribution < -0.4 is 10.1 Å². The molecule has 1 aromatic heterocycles. The Morgan fingerprint density at radius 2 is 1.93 bits per heavy atom. The fourth-order valence-electron chi connectivity index (χ4n) is 3.19. The zero-order valence-electron chi connectivity index (χ0n) is 15.2. The fraction of sp³-hybridized carbons (Fsp3) is 0.263. The van der Waals surface area contributed by atoms with Gasteiger partial charge in [-0.15, -0.1) is 0 Å². The van der Waals surface area contributed by atoms with E-state index < -0.39 is 10.0 Å². The van der Waals surface area contributed by atoms with Gasteiger partial charge in [0.1, 0.15) is 5.75 Å². The van der Waals surface area contributed by atoms with Crippen molar-refractivity contribution in [1.29, 1.82) is 0 Å². The van der Waals surface area contributed by atoms with Gasteiger partial charge in [0.05, 0.1) is 27.8 Å². The van der Waals surface area contributed by atoms with Crippen LogP contribution in [0.2, 0.25) is 0 Å². The second-order valence-electron chi connectivity index (χ2n) is 6.41. The number of amides is 1. The van der Waals surface area contributed by atoms with Crippen LogP contribution in [0.4, 0.5) is 5.13 Å². The number of rotatable bonds is 5. The number of carbonyl (C=O) groups excluding carboxylic acids is 1. The molecule has 0 spiro atoms. The van der Waals surface area contributed by atoms with Crippen molar-refractivity contribution >= 4 is 42.6 Å². The van der Waals surface area contributed by atoms with E-state index in [9.17, 15) is 13.2 Å². The maximum atomic E-state index is 12.7. The molecule has 1 saturated heterocycles. The lowest BCUT2D eigenvalue weighted by molar-refractivity contribution is 0.102. The van der Waals surface area contributed by atoms with Crippen LogP contribution in [0.25, 0.3) is 10.2 Å². The summed E-state index contributed by atoms with van der Waals surface area (Å²) in [6.45, 7) is 1.12. The van der Waals surface area contributed by atoms with E-state index in [1.165, 1.54) is 22.8 Å². The van der Waals surface area contributed by atoms with Crippen molar-refractivity contribution in [2.75, 3.05) is 25.5 Å². The Morgan fingerprint density at radius 1 is 1.18 bits per heavy atom. The zero-order chi connectivity index (χ0) is 19.7. The first kappa shape index (κ1) is 18.9. The molecule has 0 saturated carbocycles. The first-order valence-corrected chi connectivity index (χ1v) is 11.1. The Balaban J connectivity index is 1.61. The third-order valence-corrected chi connectivity index (χ3v) is 7.46. The van der Waals surface area contributed by atoms with Crippen LogP contribution in [0.1, 0.15) is 23.2 Å². The molecule has 0 atom stereocenters. The molecule has 3 aromatic rings. The lowest BCUT2D eigenvalue weighted by Gasteiger charge is -2.15. The van der Waals surface area contributed by atoms with Crippen molar-refractivity contribution in [3.63, 3.8) is 0 Å². The third-order valence-electron chi connectivity index (χ3n) is 4.63. The zero-order valence-corrected chi connectivity index (χ0v) is 16.8. The molecule has 1 aliphatic rings. The minimum absolute atomic E-state index is 0.258. The summed E-state index contributed by atoms with van der Waals surface area (Å²) in [6, 6.07) is 11.8. The summed E-state index contributed by atoms with van der Waals surface area (Å²) in [7, 11) is -1.98. The van der Waals surface area contributed by atoms with Crippen LogP contribution in [0, 0.1) is 0 Å². The summed E-state index contributed by atoms with van der Waals surface area (Å²) in [6.07, 6.45) is 1.78. The summed E-state index contributed by atoms with van der Waals surface area (Å²) >= 11 is 1.24. The molecular weight excluding hydrogens is 398 g/mol. The van der Waals surface area contributed by atoms with Gasteiger partial charge < -0.3 is 4.74 Å². The Bertz CT molecular complexity index is 1140. The maximum Gasteiger partial charge on any atom is 0.261 e. The van der Waals surface area contributed by atoms with Crippen molar-refractivity contribution in [1.82, 2.24) is 9.29 Å². The molecule has 28 heavy (non-hydrogen) atoms. The van der Waals surface area contributed by atoms with E-state index >= 15 is 0 Å².